The number of amides is 2. The van der Waals surface area contributed by atoms with Crippen LogP contribution in [0.15, 0.2) is 42.7 Å². The highest BCUT2D eigenvalue weighted by molar-refractivity contribution is 5.75. The first-order valence-electron chi connectivity index (χ1n) is 7.91. The Bertz CT molecular complexity index is 658. The fourth-order valence-corrected chi connectivity index (χ4v) is 3.12. The number of carbonyl (C=O) groups excluding carboxylic acids is 1. The summed E-state index contributed by atoms with van der Waals surface area (Å²) in [7, 11) is 0. The van der Waals surface area contributed by atoms with Gasteiger partial charge in [-0.1, -0.05) is 25.1 Å². The van der Waals surface area contributed by atoms with Gasteiger partial charge >= 0.3 is 6.03 Å². The van der Waals surface area contributed by atoms with Crippen molar-refractivity contribution in [2.45, 2.75) is 25.9 Å². The molecule has 0 radical (unpaired) electrons. The van der Waals surface area contributed by atoms with Gasteiger partial charge in [-0.25, -0.2) is 9.18 Å². The molecule has 23 heavy (non-hydrogen) atoms. The zero-order valence-electron chi connectivity index (χ0n) is 13.2. The van der Waals surface area contributed by atoms with Gasteiger partial charge in [0.15, 0.2) is 0 Å². The first kappa shape index (κ1) is 15.5. The van der Waals surface area contributed by atoms with Gasteiger partial charge in [0.05, 0.1) is 12.6 Å². The van der Waals surface area contributed by atoms with Gasteiger partial charge in [-0.05, 0) is 24.5 Å². The van der Waals surface area contributed by atoms with Crippen molar-refractivity contribution >= 4 is 6.03 Å². The second-order valence-electron chi connectivity index (χ2n) is 6.03. The molecule has 2 amide bonds. The Morgan fingerprint density at radius 2 is 2.22 bits per heavy atom. The molecule has 3 rings (SSSR count). The van der Waals surface area contributed by atoms with Gasteiger partial charge in [0.2, 0.25) is 0 Å². The summed E-state index contributed by atoms with van der Waals surface area (Å²) in [6.45, 7) is 3.85. The third-order valence-electron chi connectivity index (χ3n) is 4.21. The fourth-order valence-electron chi connectivity index (χ4n) is 3.12. The molecule has 2 heterocycles. The van der Waals surface area contributed by atoms with Gasteiger partial charge in [0, 0.05) is 31.0 Å². The molecule has 0 aliphatic carbocycles. The summed E-state index contributed by atoms with van der Waals surface area (Å²) in [5.41, 5.74) is 0.596. The zero-order chi connectivity index (χ0) is 16.2. The van der Waals surface area contributed by atoms with E-state index >= 15 is 0 Å². The van der Waals surface area contributed by atoms with Gasteiger partial charge in [-0.3, -0.25) is 4.68 Å². The van der Waals surface area contributed by atoms with E-state index in [-0.39, 0.29) is 17.9 Å². The number of nitrogens with zero attached hydrogens (tertiary/aromatic N) is 3. The number of hydrogen-bond donors (Lipinski definition) is 1. The van der Waals surface area contributed by atoms with Crippen molar-refractivity contribution in [3.05, 3.63) is 54.1 Å². The molecule has 1 aliphatic heterocycles. The van der Waals surface area contributed by atoms with E-state index in [0.29, 0.717) is 31.1 Å². The second-order valence-corrected chi connectivity index (χ2v) is 6.03. The Balaban J connectivity index is 1.64. The molecule has 5 nitrogen and oxygen atoms in total. The quantitative estimate of drug-likeness (QED) is 0.943. The minimum Gasteiger partial charge on any atom is -0.336 e. The average Bonchev–Trinajstić information content (AvgIpc) is 3.17. The molecular weight excluding hydrogens is 295 g/mol. The van der Waals surface area contributed by atoms with Crippen LogP contribution in [0.25, 0.3) is 0 Å². The first-order chi connectivity index (χ1) is 11.1. The van der Waals surface area contributed by atoms with Gasteiger partial charge in [0.1, 0.15) is 5.82 Å². The summed E-state index contributed by atoms with van der Waals surface area (Å²) >= 11 is 0. The number of urea groups is 1. The molecule has 1 N–H and O–H groups in total. The minimum atomic E-state index is -0.249. The number of carbonyl (C=O) groups is 1. The van der Waals surface area contributed by atoms with Crippen LogP contribution in [-0.2, 0) is 6.54 Å². The molecule has 0 saturated carbocycles. The van der Waals surface area contributed by atoms with Crippen molar-refractivity contribution in [3.63, 3.8) is 0 Å². The Morgan fingerprint density at radius 1 is 1.39 bits per heavy atom. The third-order valence-corrected chi connectivity index (χ3v) is 4.21. The number of nitrogens with one attached hydrogen (secondary N) is 1. The largest absolute Gasteiger partial charge is 0.336 e. The summed E-state index contributed by atoms with van der Waals surface area (Å²) < 4.78 is 15.8. The Morgan fingerprint density at radius 3 is 2.96 bits per heavy atom. The topological polar surface area (TPSA) is 50.2 Å². The highest BCUT2D eigenvalue weighted by atomic mass is 19.1. The van der Waals surface area contributed by atoms with Crippen molar-refractivity contribution in [1.82, 2.24) is 20.0 Å². The normalized spacial score (nSPS) is 20.7. The molecule has 122 valence electrons. The van der Waals surface area contributed by atoms with E-state index in [2.05, 4.69) is 17.3 Å². The molecule has 1 aliphatic rings. The summed E-state index contributed by atoms with van der Waals surface area (Å²) in [6.07, 6.45) is 4.35. The molecule has 6 heteroatoms. The van der Waals surface area contributed by atoms with E-state index in [4.69, 9.17) is 0 Å². The van der Waals surface area contributed by atoms with Crippen molar-refractivity contribution in [3.8, 4) is 0 Å². The lowest BCUT2D eigenvalue weighted by Crippen LogP contribution is -2.41. The number of halogens is 1. The number of aromatic nitrogens is 2. The zero-order valence-corrected chi connectivity index (χ0v) is 13.2. The molecule has 2 aromatic rings. The maximum atomic E-state index is 14.1. The highest BCUT2D eigenvalue weighted by Gasteiger charge is 2.35. The average molecular weight is 316 g/mol. The molecule has 1 aromatic heterocycles. The van der Waals surface area contributed by atoms with E-state index in [1.165, 1.54) is 6.07 Å². The molecule has 2 atom stereocenters. The molecule has 1 saturated heterocycles. The van der Waals surface area contributed by atoms with Gasteiger partial charge in [-0.2, -0.15) is 5.10 Å². The Hall–Kier alpha value is -2.37. The van der Waals surface area contributed by atoms with Crippen LogP contribution in [0.5, 0.6) is 0 Å². The van der Waals surface area contributed by atoms with Crippen molar-refractivity contribution < 1.29 is 9.18 Å². The molecule has 1 fully saturated rings. The summed E-state index contributed by atoms with van der Waals surface area (Å²) in [5, 5.41) is 7.01. The Kier molecular flexibility index (Phi) is 4.60. The van der Waals surface area contributed by atoms with Crippen LogP contribution in [-0.4, -0.2) is 33.8 Å². The van der Waals surface area contributed by atoms with Crippen LogP contribution in [0.4, 0.5) is 9.18 Å². The van der Waals surface area contributed by atoms with Crippen LogP contribution >= 0.6 is 0 Å². The van der Waals surface area contributed by atoms with Gasteiger partial charge in [0.25, 0.3) is 0 Å². The SMILES string of the molecule is CC1CC(c2ccccc2F)N(C(=O)NCCn2cccn2)C1. The molecule has 0 spiro atoms. The van der Waals surface area contributed by atoms with Crippen LogP contribution in [0, 0.1) is 11.7 Å². The molecule has 1 aromatic carbocycles. The summed E-state index contributed by atoms with van der Waals surface area (Å²) in [5.74, 6) is 0.109. The number of likely N-dealkylation sites (tertiary alicyclic amines) is 1. The third kappa shape index (κ3) is 3.52. The number of rotatable bonds is 4. The van der Waals surface area contributed by atoms with Gasteiger partial charge < -0.3 is 10.2 Å². The van der Waals surface area contributed by atoms with E-state index in [1.54, 1.807) is 27.9 Å². The lowest BCUT2D eigenvalue weighted by Gasteiger charge is -2.25. The van der Waals surface area contributed by atoms with Crippen molar-refractivity contribution in [1.29, 1.82) is 0 Å². The number of hydrogen-bond acceptors (Lipinski definition) is 2. The predicted molar refractivity (Wildman–Crippen MR) is 85.3 cm³/mol. The van der Waals surface area contributed by atoms with Crippen molar-refractivity contribution in [2.24, 2.45) is 5.92 Å². The molecule has 0 bridgehead atoms. The second kappa shape index (κ2) is 6.81. The van der Waals surface area contributed by atoms with Crippen LogP contribution in [0.3, 0.4) is 0 Å². The monoisotopic (exact) mass is 316 g/mol. The summed E-state index contributed by atoms with van der Waals surface area (Å²) in [6, 6.07) is 8.21. The molecule has 2 unspecified atom stereocenters. The predicted octanol–water partition coefficient (Wildman–Crippen LogP) is 2.81. The Labute approximate surface area is 135 Å². The fraction of sp³-hybridized carbons (Fsp3) is 0.412. The smallest absolute Gasteiger partial charge is 0.317 e. The van der Waals surface area contributed by atoms with E-state index in [9.17, 15) is 9.18 Å². The van der Waals surface area contributed by atoms with Crippen LogP contribution in [0.1, 0.15) is 24.9 Å². The van der Waals surface area contributed by atoms with Gasteiger partial charge in [-0.15, -0.1) is 0 Å². The van der Waals surface area contributed by atoms with Crippen LogP contribution in [0.2, 0.25) is 0 Å². The minimum absolute atomic E-state index is 0.144. The maximum Gasteiger partial charge on any atom is 0.317 e. The highest BCUT2D eigenvalue weighted by Crippen LogP contribution is 2.36. The van der Waals surface area contributed by atoms with E-state index < -0.39 is 0 Å². The van der Waals surface area contributed by atoms with Crippen LogP contribution < -0.4 is 5.32 Å². The first-order valence-corrected chi connectivity index (χ1v) is 7.91. The number of benzene rings is 1. The van der Waals surface area contributed by atoms with Crippen molar-refractivity contribution in [2.75, 3.05) is 13.1 Å². The lowest BCUT2D eigenvalue weighted by atomic mass is 10.0. The van der Waals surface area contributed by atoms with E-state index in [0.717, 1.165) is 6.42 Å². The maximum absolute atomic E-state index is 14.1. The summed E-state index contributed by atoms with van der Waals surface area (Å²) in [4.78, 5) is 14.2. The molecular formula is C17H21FN4O. The standard InChI is InChI=1S/C17H21FN4O/c1-13-11-16(14-5-2-3-6-15(14)18)22(12-13)17(23)19-8-10-21-9-4-7-20-21/h2-7,9,13,16H,8,10-12H2,1H3,(H,19,23). The van der Waals surface area contributed by atoms with E-state index in [1.807, 2.05) is 18.3 Å². The lowest BCUT2D eigenvalue weighted by molar-refractivity contribution is 0.190.